The summed E-state index contributed by atoms with van der Waals surface area (Å²) in [5.41, 5.74) is 0. The summed E-state index contributed by atoms with van der Waals surface area (Å²) in [5.74, 6) is -0.153. The SMILES string of the molecule is CC(C)N(CC1CC1)C(=O)NCCCC(=O)O. The fourth-order valence-corrected chi connectivity index (χ4v) is 1.64. The Morgan fingerprint density at radius 3 is 2.53 bits per heavy atom. The van der Waals surface area contributed by atoms with E-state index in [1.165, 1.54) is 12.8 Å². The maximum absolute atomic E-state index is 11.9. The lowest BCUT2D eigenvalue weighted by atomic mass is 10.3. The van der Waals surface area contributed by atoms with E-state index in [1.807, 2.05) is 18.7 Å². The van der Waals surface area contributed by atoms with Crippen LogP contribution in [0.4, 0.5) is 4.79 Å². The predicted octanol–water partition coefficient (Wildman–Crippen LogP) is 1.68. The molecule has 2 N–H and O–H groups in total. The summed E-state index contributed by atoms with van der Waals surface area (Å²) in [4.78, 5) is 24.0. The first-order valence-electron chi connectivity index (χ1n) is 6.27. The smallest absolute Gasteiger partial charge is 0.317 e. The molecule has 1 saturated carbocycles. The topological polar surface area (TPSA) is 69.6 Å². The number of urea groups is 1. The van der Waals surface area contributed by atoms with Crippen molar-refractivity contribution in [2.45, 2.75) is 45.6 Å². The van der Waals surface area contributed by atoms with Gasteiger partial charge in [-0.05, 0) is 39.0 Å². The Bertz CT molecular complexity index is 275. The van der Waals surface area contributed by atoms with E-state index in [2.05, 4.69) is 5.32 Å². The van der Waals surface area contributed by atoms with Gasteiger partial charge in [-0.2, -0.15) is 0 Å². The van der Waals surface area contributed by atoms with Gasteiger partial charge in [0.15, 0.2) is 0 Å². The average molecular weight is 242 g/mol. The van der Waals surface area contributed by atoms with Crippen molar-refractivity contribution in [1.82, 2.24) is 10.2 Å². The van der Waals surface area contributed by atoms with Crippen LogP contribution in [0.5, 0.6) is 0 Å². The number of hydrogen-bond donors (Lipinski definition) is 2. The maximum atomic E-state index is 11.9. The summed E-state index contributed by atoms with van der Waals surface area (Å²) in [6.07, 6.45) is 3.02. The van der Waals surface area contributed by atoms with Crippen LogP contribution in [0.15, 0.2) is 0 Å². The number of nitrogens with one attached hydrogen (secondary N) is 1. The fourth-order valence-electron chi connectivity index (χ4n) is 1.64. The third-order valence-corrected chi connectivity index (χ3v) is 2.88. The molecule has 0 heterocycles. The fraction of sp³-hybridized carbons (Fsp3) is 0.833. The molecule has 98 valence electrons. The highest BCUT2D eigenvalue weighted by Crippen LogP contribution is 2.30. The third-order valence-electron chi connectivity index (χ3n) is 2.88. The maximum Gasteiger partial charge on any atom is 0.317 e. The summed E-state index contributed by atoms with van der Waals surface area (Å²) in [5, 5.41) is 11.3. The summed E-state index contributed by atoms with van der Waals surface area (Å²) < 4.78 is 0. The van der Waals surface area contributed by atoms with Crippen LogP contribution in [0.3, 0.4) is 0 Å². The molecule has 0 spiro atoms. The van der Waals surface area contributed by atoms with E-state index in [9.17, 15) is 9.59 Å². The van der Waals surface area contributed by atoms with E-state index < -0.39 is 5.97 Å². The second-order valence-corrected chi connectivity index (χ2v) is 4.92. The van der Waals surface area contributed by atoms with Crippen molar-refractivity contribution in [3.05, 3.63) is 0 Å². The lowest BCUT2D eigenvalue weighted by Gasteiger charge is -2.27. The first-order valence-corrected chi connectivity index (χ1v) is 6.27. The van der Waals surface area contributed by atoms with Gasteiger partial charge in [0.05, 0.1) is 0 Å². The van der Waals surface area contributed by atoms with E-state index in [4.69, 9.17) is 5.11 Å². The molecule has 0 aromatic rings. The second-order valence-electron chi connectivity index (χ2n) is 4.92. The number of nitrogens with zero attached hydrogens (tertiary/aromatic N) is 1. The van der Waals surface area contributed by atoms with Gasteiger partial charge in [-0.25, -0.2) is 4.79 Å². The number of hydrogen-bond acceptors (Lipinski definition) is 2. The van der Waals surface area contributed by atoms with Crippen LogP contribution in [0.2, 0.25) is 0 Å². The lowest BCUT2D eigenvalue weighted by molar-refractivity contribution is -0.137. The van der Waals surface area contributed by atoms with Crippen molar-refractivity contribution in [2.24, 2.45) is 5.92 Å². The van der Waals surface area contributed by atoms with Gasteiger partial charge in [-0.1, -0.05) is 0 Å². The minimum absolute atomic E-state index is 0.0720. The van der Waals surface area contributed by atoms with Crippen LogP contribution < -0.4 is 5.32 Å². The molecule has 0 aromatic heterocycles. The van der Waals surface area contributed by atoms with Crippen molar-refractivity contribution in [3.8, 4) is 0 Å². The van der Waals surface area contributed by atoms with Gasteiger partial charge in [0.2, 0.25) is 0 Å². The number of amides is 2. The third kappa shape index (κ3) is 5.56. The Kier molecular flexibility index (Phi) is 5.25. The van der Waals surface area contributed by atoms with Gasteiger partial charge in [0.25, 0.3) is 0 Å². The molecule has 1 aliphatic carbocycles. The molecule has 1 rings (SSSR count). The molecule has 17 heavy (non-hydrogen) atoms. The van der Waals surface area contributed by atoms with E-state index in [0.29, 0.717) is 18.9 Å². The Morgan fingerprint density at radius 2 is 2.06 bits per heavy atom. The Balaban J connectivity index is 2.24. The predicted molar refractivity (Wildman–Crippen MR) is 64.8 cm³/mol. The number of carbonyl (C=O) groups excluding carboxylic acids is 1. The highest BCUT2D eigenvalue weighted by atomic mass is 16.4. The standard InChI is InChI=1S/C12H22N2O3/c1-9(2)14(8-10-5-6-10)12(17)13-7-3-4-11(15)16/h9-10H,3-8H2,1-2H3,(H,13,17)(H,15,16). The van der Waals surface area contributed by atoms with Crippen molar-refractivity contribution in [3.63, 3.8) is 0 Å². The van der Waals surface area contributed by atoms with Crippen molar-refractivity contribution >= 4 is 12.0 Å². The zero-order valence-corrected chi connectivity index (χ0v) is 10.6. The van der Waals surface area contributed by atoms with E-state index in [1.54, 1.807) is 0 Å². The van der Waals surface area contributed by atoms with Crippen LogP contribution in [-0.2, 0) is 4.79 Å². The Hall–Kier alpha value is -1.26. The number of aliphatic carboxylic acids is 1. The van der Waals surface area contributed by atoms with Gasteiger partial charge in [0.1, 0.15) is 0 Å². The lowest BCUT2D eigenvalue weighted by Crippen LogP contribution is -2.45. The molecule has 0 saturated heterocycles. The summed E-state index contributed by atoms with van der Waals surface area (Å²) >= 11 is 0. The number of carbonyl (C=O) groups is 2. The highest BCUT2D eigenvalue weighted by Gasteiger charge is 2.27. The van der Waals surface area contributed by atoms with Crippen LogP contribution >= 0.6 is 0 Å². The van der Waals surface area contributed by atoms with E-state index in [-0.39, 0.29) is 18.5 Å². The summed E-state index contributed by atoms with van der Waals surface area (Å²) in [6.45, 7) is 5.25. The molecular formula is C12H22N2O3. The molecule has 0 aliphatic heterocycles. The molecule has 5 heteroatoms. The van der Waals surface area contributed by atoms with Gasteiger partial charge >= 0.3 is 12.0 Å². The number of carboxylic acids is 1. The second kappa shape index (κ2) is 6.47. The van der Waals surface area contributed by atoms with Crippen LogP contribution in [0, 0.1) is 5.92 Å². The molecule has 5 nitrogen and oxygen atoms in total. The highest BCUT2D eigenvalue weighted by molar-refractivity contribution is 5.74. The van der Waals surface area contributed by atoms with Gasteiger partial charge in [0, 0.05) is 25.6 Å². The first kappa shape index (κ1) is 13.8. The van der Waals surface area contributed by atoms with Crippen molar-refractivity contribution in [2.75, 3.05) is 13.1 Å². The molecule has 0 aromatic carbocycles. The number of rotatable bonds is 7. The molecule has 0 unspecified atom stereocenters. The van der Waals surface area contributed by atoms with Gasteiger partial charge in [-0.15, -0.1) is 0 Å². The largest absolute Gasteiger partial charge is 0.481 e. The quantitative estimate of drug-likeness (QED) is 0.667. The van der Waals surface area contributed by atoms with Crippen molar-refractivity contribution < 1.29 is 14.7 Å². The van der Waals surface area contributed by atoms with Crippen molar-refractivity contribution in [1.29, 1.82) is 0 Å². The van der Waals surface area contributed by atoms with E-state index >= 15 is 0 Å². The Labute approximate surface area is 102 Å². The normalized spacial score (nSPS) is 14.8. The van der Waals surface area contributed by atoms with E-state index in [0.717, 1.165) is 6.54 Å². The minimum atomic E-state index is -0.821. The minimum Gasteiger partial charge on any atom is -0.481 e. The van der Waals surface area contributed by atoms with Crippen LogP contribution in [0.1, 0.15) is 39.5 Å². The Morgan fingerprint density at radius 1 is 1.41 bits per heavy atom. The summed E-state index contributed by atoms with van der Waals surface area (Å²) in [6, 6.07) is 0.118. The molecule has 2 amide bonds. The van der Waals surface area contributed by atoms with Crippen LogP contribution in [0.25, 0.3) is 0 Å². The number of carboxylic acid groups (broad SMARTS) is 1. The average Bonchev–Trinajstić information content (AvgIpc) is 3.03. The molecule has 0 bridgehead atoms. The first-order chi connectivity index (χ1) is 8.00. The zero-order valence-electron chi connectivity index (χ0n) is 10.6. The molecule has 0 atom stereocenters. The van der Waals surface area contributed by atoms with Gasteiger partial charge < -0.3 is 15.3 Å². The van der Waals surface area contributed by atoms with Crippen LogP contribution in [-0.4, -0.2) is 41.1 Å². The zero-order chi connectivity index (χ0) is 12.8. The molecule has 0 radical (unpaired) electrons. The summed E-state index contributed by atoms with van der Waals surface area (Å²) in [7, 11) is 0. The molecule has 1 aliphatic rings. The molecule has 1 fully saturated rings. The monoisotopic (exact) mass is 242 g/mol. The van der Waals surface area contributed by atoms with Gasteiger partial charge in [-0.3, -0.25) is 4.79 Å². The molecular weight excluding hydrogens is 220 g/mol.